The van der Waals surface area contributed by atoms with Crippen LogP contribution in [-0.4, -0.2) is 61.9 Å². The third kappa shape index (κ3) is 5.82. The summed E-state index contributed by atoms with van der Waals surface area (Å²) < 4.78 is 23.9. The number of ether oxygens (including phenoxy) is 1. The molecule has 0 saturated carbocycles. The SMILES string of the molecule is C[C@H]1[C@H]([Si](C)(C)F)[C@@H](CC(=O)N(CCO)Cc2ccccc2)O[C@]12C(=O)N(Cc1cccc(N3CCC3=O)c1)c1ccc(Br)cc12. The minimum absolute atomic E-state index is 0.0719. The van der Waals surface area contributed by atoms with E-state index in [4.69, 9.17) is 4.74 Å². The van der Waals surface area contributed by atoms with E-state index in [0.29, 0.717) is 30.8 Å². The Morgan fingerprint density at radius 2 is 1.83 bits per heavy atom. The van der Waals surface area contributed by atoms with Crippen molar-refractivity contribution in [2.45, 2.75) is 63.2 Å². The third-order valence-electron chi connectivity index (χ3n) is 9.65. The van der Waals surface area contributed by atoms with E-state index >= 15 is 4.11 Å². The van der Waals surface area contributed by atoms with Crippen molar-refractivity contribution in [3.05, 3.63) is 94.0 Å². The van der Waals surface area contributed by atoms with Crippen LogP contribution in [0, 0.1) is 5.92 Å². The second-order valence-electron chi connectivity index (χ2n) is 13.0. The lowest BCUT2D eigenvalue weighted by molar-refractivity contribution is -0.150. The third-order valence-corrected chi connectivity index (χ3v) is 12.6. The highest BCUT2D eigenvalue weighted by Gasteiger charge is 2.67. The van der Waals surface area contributed by atoms with Gasteiger partial charge in [0.25, 0.3) is 5.91 Å². The first-order valence-corrected chi connectivity index (χ1v) is 19.5. The molecule has 3 aliphatic heterocycles. The fourth-order valence-corrected chi connectivity index (χ4v) is 10.3. The fourth-order valence-electron chi connectivity index (χ4n) is 7.49. The molecule has 2 fully saturated rings. The summed E-state index contributed by atoms with van der Waals surface area (Å²) in [6.07, 6.45) is -0.410. The number of aliphatic hydroxyl groups is 1. The zero-order valence-corrected chi connectivity index (χ0v) is 28.9. The van der Waals surface area contributed by atoms with Crippen LogP contribution >= 0.6 is 15.9 Å². The molecule has 4 atom stereocenters. The first kappa shape index (κ1) is 32.6. The molecule has 1 spiro atoms. The lowest BCUT2D eigenvalue weighted by atomic mass is 9.82. The molecule has 46 heavy (non-hydrogen) atoms. The maximum absolute atomic E-state index is 16.3. The number of amides is 3. The normalized spacial score (nSPS) is 24.0. The van der Waals surface area contributed by atoms with Gasteiger partial charge in [-0.3, -0.25) is 14.4 Å². The van der Waals surface area contributed by atoms with Crippen molar-refractivity contribution in [1.82, 2.24) is 4.90 Å². The molecule has 3 amide bonds. The molecule has 11 heteroatoms. The topological polar surface area (TPSA) is 90.4 Å². The van der Waals surface area contributed by atoms with Crippen LogP contribution in [0.25, 0.3) is 0 Å². The van der Waals surface area contributed by atoms with Gasteiger partial charge >= 0.3 is 0 Å². The van der Waals surface area contributed by atoms with Gasteiger partial charge in [-0.2, -0.15) is 0 Å². The Kier molecular flexibility index (Phi) is 8.97. The molecule has 3 aliphatic rings. The molecule has 3 heterocycles. The molecule has 0 radical (unpaired) electrons. The molecule has 0 aromatic heterocycles. The second-order valence-corrected chi connectivity index (χ2v) is 17.7. The van der Waals surface area contributed by atoms with Crippen molar-refractivity contribution in [2.75, 3.05) is 29.5 Å². The maximum Gasteiger partial charge on any atom is 0.264 e. The number of β-lactam (4-membered cyclic amide) rings is 1. The van der Waals surface area contributed by atoms with Crippen molar-refractivity contribution in [2.24, 2.45) is 5.92 Å². The van der Waals surface area contributed by atoms with Crippen molar-refractivity contribution in [3.63, 3.8) is 0 Å². The van der Waals surface area contributed by atoms with Crippen molar-refractivity contribution >= 4 is 53.4 Å². The van der Waals surface area contributed by atoms with Crippen LogP contribution in [-0.2, 0) is 37.8 Å². The Hall–Kier alpha value is -3.38. The largest absolute Gasteiger partial charge is 0.395 e. The molecule has 0 bridgehead atoms. The lowest BCUT2D eigenvalue weighted by Gasteiger charge is -2.32. The minimum Gasteiger partial charge on any atom is -0.395 e. The van der Waals surface area contributed by atoms with Gasteiger partial charge in [-0.25, -0.2) is 0 Å². The van der Waals surface area contributed by atoms with Gasteiger partial charge in [-0.15, -0.1) is 0 Å². The Balaban J connectivity index is 1.33. The predicted molar refractivity (Wildman–Crippen MR) is 180 cm³/mol. The Morgan fingerprint density at radius 3 is 2.48 bits per heavy atom. The van der Waals surface area contributed by atoms with Gasteiger partial charge in [0.1, 0.15) is 0 Å². The highest BCUT2D eigenvalue weighted by Crippen LogP contribution is 2.60. The van der Waals surface area contributed by atoms with Crippen molar-refractivity contribution < 1.29 is 28.3 Å². The van der Waals surface area contributed by atoms with Gasteiger partial charge in [-0.1, -0.05) is 65.3 Å². The predicted octanol–water partition coefficient (Wildman–Crippen LogP) is 5.92. The minimum atomic E-state index is -3.49. The van der Waals surface area contributed by atoms with Gasteiger partial charge in [0.2, 0.25) is 20.2 Å². The molecule has 3 aromatic rings. The van der Waals surface area contributed by atoms with Crippen LogP contribution in [0.4, 0.5) is 15.5 Å². The fraction of sp³-hybridized carbons (Fsp3) is 0.400. The average molecular weight is 709 g/mol. The number of carbonyl (C=O) groups excluding carboxylic acids is 3. The number of fused-ring (bicyclic) bond motifs is 2. The molecular weight excluding hydrogens is 669 g/mol. The highest BCUT2D eigenvalue weighted by molar-refractivity contribution is 9.10. The monoisotopic (exact) mass is 707 g/mol. The molecule has 6 rings (SSSR count). The maximum atomic E-state index is 16.3. The molecule has 1 N–H and O–H groups in total. The lowest BCUT2D eigenvalue weighted by Crippen LogP contribution is -2.45. The summed E-state index contributed by atoms with van der Waals surface area (Å²) in [6.45, 7) is 6.25. The highest BCUT2D eigenvalue weighted by atomic mass is 79.9. The van der Waals surface area contributed by atoms with Crippen LogP contribution in [0.2, 0.25) is 18.6 Å². The molecule has 2 saturated heterocycles. The molecule has 0 unspecified atom stereocenters. The van der Waals surface area contributed by atoms with Gasteiger partial charge in [-0.05, 0) is 54.6 Å². The summed E-state index contributed by atoms with van der Waals surface area (Å²) >= 11 is 3.57. The van der Waals surface area contributed by atoms with Crippen LogP contribution in [0.3, 0.4) is 0 Å². The molecule has 0 aliphatic carbocycles. The number of anilines is 2. The van der Waals surface area contributed by atoms with Crippen LogP contribution in [0.5, 0.6) is 0 Å². The second kappa shape index (κ2) is 12.7. The summed E-state index contributed by atoms with van der Waals surface area (Å²) in [4.78, 5) is 45.6. The number of benzene rings is 3. The van der Waals surface area contributed by atoms with E-state index in [1.165, 1.54) is 0 Å². The van der Waals surface area contributed by atoms with E-state index in [9.17, 15) is 19.5 Å². The summed E-state index contributed by atoms with van der Waals surface area (Å²) in [5.74, 6) is -1.02. The number of carbonyl (C=O) groups is 3. The number of hydrogen-bond donors (Lipinski definition) is 1. The van der Waals surface area contributed by atoms with Gasteiger partial charge in [0, 0.05) is 53.2 Å². The standard InChI is InChI=1S/C35H39BrFN3O5Si/c1-23-33(46(2,3)37)30(20-32(43)38(16-17-41)21-24-8-5-4-6-9-24)45-35(23)28-19-26(36)12-13-29(28)40(34(35)44)22-25-10-7-11-27(18-25)39-15-14-31(39)42/h4-13,18-19,23,30,33,41H,14-17,20-22H2,1-3H3/t23-,30+,33-,35+/m0/s1. The Bertz CT molecular complexity index is 1650. The van der Waals surface area contributed by atoms with E-state index in [2.05, 4.69) is 15.9 Å². The molecule has 8 nitrogen and oxygen atoms in total. The van der Waals surface area contributed by atoms with E-state index in [-0.39, 0.29) is 43.8 Å². The van der Waals surface area contributed by atoms with Crippen LogP contribution in [0.15, 0.2) is 77.3 Å². The Morgan fingerprint density at radius 1 is 1.09 bits per heavy atom. The first-order valence-electron chi connectivity index (χ1n) is 15.7. The van der Waals surface area contributed by atoms with E-state index < -0.39 is 31.6 Å². The Labute approximate surface area is 278 Å². The summed E-state index contributed by atoms with van der Waals surface area (Å²) in [6, 6.07) is 22.8. The number of hydrogen-bond acceptors (Lipinski definition) is 5. The van der Waals surface area contributed by atoms with Crippen LogP contribution in [0.1, 0.15) is 36.5 Å². The average Bonchev–Trinajstić information content (AvgIpc) is 3.43. The number of nitrogens with zero attached hydrogens (tertiary/aromatic N) is 3. The van der Waals surface area contributed by atoms with Crippen molar-refractivity contribution in [3.8, 4) is 0 Å². The number of rotatable bonds is 10. The van der Waals surface area contributed by atoms with E-state index in [0.717, 1.165) is 21.3 Å². The van der Waals surface area contributed by atoms with Crippen LogP contribution < -0.4 is 9.80 Å². The van der Waals surface area contributed by atoms with Gasteiger partial charge < -0.3 is 28.7 Å². The number of aliphatic hydroxyl groups excluding tert-OH is 1. The van der Waals surface area contributed by atoms with E-state index in [1.54, 1.807) is 27.8 Å². The zero-order chi connectivity index (χ0) is 32.8. The van der Waals surface area contributed by atoms with Gasteiger partial charge in [0.15, 0.2) is 5.60 Å². The van der Waals surface area contributed by atoms with Gasteiger partial charge in [0.05, 0.1) is 31.4 Å². The van der Waals surface area contributed by atoms with E-state index in [1.807, 2.05) is 79.7 Å². The summed E-state index contributed by atoms with van der Waals surface area (Å²) in [7, 11) is -3.49. The number of halogens is 2. The zero-order valence-electron chi connectivity index (χ0n) is 26.3. The smallest absolute Gasteiger partial charge is 0.264 e. The molecule has 3 aromatic carbocycles. The van der Waals surface area contributed by atoms with Crippen molar-refractivity contribution in [1.29, 1.82) is 0 Å². The summed E-state index contributed by atoms with van der Waals surface area (Å²) in [5, 5.41) is 9.76. The molecular formula is C35H39BrFN3O5Si. The quantitative estimate of drug-likeness (QED) is 0.161. The first-order chi connectivity index (χ1) is 21.9. The summed E-state index contributed by atoms with van der Waals surface area (Å²) in [5.41, 5.74) is 1.79. The molecule has 242 valence electrons.